The average Bonchev–Trinajstić information content (AvgIpc) is 3.14. The second kappa shape index (κ2) is 7.64. The summed E-state index contributed by atoms with van der Waals surface area (Å²) < 4.78 is 0. The lowest BCUT2D eigenvalue weighted by Gasteiger charge is -2.23. The minimum Gasteiger partial charge on any atom is -0.0991 e. The summed E-state index contributed by atoms with van der Waals surface area (Å²) in [5.41, 5.74) is 13.9. The minimum absolute atomic E-state index is 1.02. The average molecular weight is 415 g/mol. The fourth-order valence-electron chi connectivity index (χ4n) is 5.99. The van der Waals surface area contributed by atoms with Gasteiger partial charge >= 0.3 is 0 Å². The molecule has 0 spiro atoms. The van der Waals surface area contributed by atoms with E-state index in [0.29, 0.717) is 0 Å². The van der Waals surface area contributed by atoms with Crippen LogP contribution in [0.15, 0.2) is 61.2 Å². The van der Waals surface area contributed by atoms with E-state index in [-0.39, 0.29) is 0 Å². The molecule has 0 unspecified atom stereocenters. The van der Waals surface area contributed by atoms with Gasteiger partial charge in [-0.05, 0) is 111 Å². The first-order valence-electron chi connectivity index (χ1n) is 11.6. The van der Waals surface area contributed by atoms with Crippen LogP contribution in [0.4, 0.5) is 0 Å². The molecule has 4 aromatic carbocycles. The number of hydrogen-bond donors (Lipinski definition) is 0. The summed E-state index contributed by atoms with van der Waals surface area (Å²) in [5, 5.41) is 5.50. The maximum atomic E-state index is 3.93. The third kappa shape index (κ3) is 2.62. The highest BCUT2D eigenvalue weighted by molar-refractivity contribution is 6.21. The van der Waals surface area contributed by atoms with Crippen molar-refractivity contribution in [3.63, 3.8) is 0 Å². The Labute approximate surface area is 191 Å². The molecule has 0 saturated carbocycles. The second-order valence-corrected chi connectivity index (χ2v) is 8.84. The van der Waals surface area contributed by atoms with E-state index in [1.54, 1.807) is 0 Å². The van der Waals surface area contributed by atoms with E-state index in [4.69, 9.17) is 0 Å². The first-order chi connectivity index (χ1) is 15.5. The molecule has 0 fully saturated rings. The van der Waals surface area contributed by atoms with Gasteiger partial charge in [0.05, 0.1) is 0 Å². The van der Waals surface area contributed by atoms with Gasteiger partial charge < -0.3 is 0 Å². The lowest BCUT2D eigenvalue weighted by molar-refractivity contribution is 1.11. The molecule has 4 aromatic rings. The molecule has 158 valence electrons. The predicted molar refractivity (Wildman–Crippen MR) is 143 cm³/mol. The topological polar surface area (TPSA) is 0 Å². The number of aryl methyl sites for hydroxylation is 2. The van der Waals surface area contributed by atoms with Crippen LogP contribution in [0.5, 0.6) is 0 Å². The summed E-state index contributed by atoms with van der Waals surface area (Å²) in [7, 11) is 0. The molecule has 5 rings (SSSR count). The molecule has 0 atom stereocenters. The van der Waals surface area contributed by atoms with Crippen LogP contribution in [0.2, 0.25) is 0 Å². The summed E-state index contributed by atoms with van der Waals surface area (Å²) in [6, 6.07) is 13.5. The Balaban J connectivity index is 2.09. The molecule has 0 bridgehead atoms. The van der Waals surface area contributed by atoms with Gasteiger partial charge in [-0.15, -0.1) is 0 Å². The Kier molecular flexibility index (Phi) is 4.90. The van der Waals surface area contributed by atoms with E-state index in [2.05, 4.69) is 102 Å². The van der Waals surface area contributed by atoms with Gasteiger partial charge in [-0.25, -0.2) is 0 Å². The molecule has 0 aromatic heterocycles. The number of fused-ring (bicyclic) bond motifs is 4. The summed E-state index contributed by atoms with van der Waals surface area (Å²) in [5.74, 6) is 0. The molecule has 1 aliphatic carbocycles. The molecular formula is C32H30. The standard InChI is InChI=1S/C32H30/c1-7-10-16-24-19(4)23(9-3)25(13-8-2)29-21(6)31-27-18-12-15-22-14-11-17-26(32(22)27)30(31)20(5)28(24)29/h7-8,10-18H,1,9H2,2-6H3/b13-8-,16-10-. The number of hydrogen-bond acceptors (Lipinski definition) is 0. The summed E-state index contributed by atoms with van der Waals surface area (Å²) >= 11 is 0. The van der Waals surface area contributed by atoms with Crippen LogP contribution in [0.1, 0.15) is 47.2 Å². The lowest BCUT2D eigenvalue weighted by atomic mass is 9.80. The van der Waals surface area contributed by atoms with Crippen LogP contribution in [0, 0.1) is 20.8 Å². The van der Waals surface area contributed by atoms with E-state index in [0.717, 1.165) is 6.42 Å². The third-order valence-electron chi connectivity index (χ3n) is 7.25. The highest BCUT2D eigenvalue weighted by Gasteiger charge is 2.28. The highest BCUT2D eigenvalue weighted by Crippen LogP contribution is 2.53. The maximum Gasteiger partial charge on any atom is -0.00262 e. The van der Waals surface area contributed by atoms with Gasteiger partial charge in [0, 0.05) is 0 Å². The monoisotopic (exact) mass is 414 g/mol. The van der Waals surface area contributed by atoms with Crippen molar-refractivity contribution in [2.24, 2.45) is 0 Å². The Morgan fingerprint density at radius 1 is 0.750 bits per heavy atom. The highest BCUT2D eigenvalue weighted by atomic mass is 14.3. The summed E-state index contributed by atoms with van der Waals surface area (Å²) in [6.07, 6.45) is 11.7. The fraction of sp³-hybridized carbons (Fsp3) is 0.188. The maximum absolute atomic E-state index is 3.93. The zero-order valence-corrected chi connectivity index (χ0v) is 19.8. The fourth-order valence-corrected chi connectivity index (χ4v) is 5.99. The Morgan fingerprint density at radius 3 is 1.88 bits per heavy atom. The van der Waals surface area contributed by atoms with Crippen LogP contribution in [-0.4, -0.2) is 0 Å². The SMILES string of the molecule is C=C/C=C\c1c(C)c(CC)c(/C=C\C)c2c(C)c3c(c(C)c12)-c1cccc2cccc-3c12. The van der Waals surface area contributed by atoms with Crippen molar-refractivity contribution in [1.29, 1.82) is 0 Å². The van der Waals surface area contributed by atoms with Crippen molar-refractivity contribution < 1.29 is 0 Å². The first kappa shape index (κ1) is 20.5. The van der Waals surface area contributed by atoms with Gasteiger partial charge in [0.25, 0.3) is 0 Å². The molecule has 0 radical (unpaired) electrons. The number of allylic oxidation sites excluding steroid dienone is 3. The van der Waals surface area contributed by atoms with E-state index < -0.39 is 0 Å². The Bertz CT molecular complexity index is 1480. The van der Waals surface area contributed by atoms with Gasteiger partial charge in [-0.2, -0.15) is 0 Å². The largest absolute Gasteiger partial charge is 0.0991 e. The van der Waals surface area contributed by atoms with Crippen molar-refractivity contribution >= 4 is 33.7 Å². The molecule has 0 heterocycles. The number of benzene rings is 4. The Morgan fingerprint density at radius 2 is 1.34 bits per heavy atom. The zero-order chi connectivity index (χ0) is 22.6. The van der Waals surface area contributed by atoms with Crippen LogP contribution in [-0.2, 0) is 6.42 Å². The van der Waals surface area contributed by atoms with Crippen molar-refractivity contribution in [3.8, 4) is 22.3 Å². The van der Waals surface area contributed by atoms with Crippen molar-refractivity contribution in [2.45, 2.75) is 41.0 Å². The van der Waals surface area contributed by atoms with Gasteiger partial charge in [0.15, 0.2) is 0 Å². The van der Waals surface area contributed by atoms with Crippen molar-refractivity contribution in [1.82, 2.24) is 0 Å². The van der Waals surface area contributed by atoms with Gasteiger partial charge in [0.1, 0.15) is 0 Å². The smallest absolute Gasteiger partial charge is 0.00262 e. The van der Waals surface area contributed by atoms with Crippen LogP contribution >= 0.6 is 0 Å². The van der Waals surface area contributed by atoms with Gasteiger partial charge in [0.2, 0.25) is 0 Å². The molecule has 1 aliphatic rings. The zero-order valence-electron chi connectivity index (χ0n) is 19.8. The molecular weight excluding hydrogens is 384 g/mol. The van der Waals surface area contributed by atoms with Crippen LogP contribution < -0.4 is 0 Å². The third-order valence-corrected chi connectivity index (χ3v) is 7.25. The van der Waals surface area contributed by atoms with Gasteiger partial charge in [-0.3, -0.25) is 0 Å². The van der Waals surface area contributed by atoms with E-state index in [9.17, 15) is 0 Å². The Hall–Kier alpha value is -3.38. The molecule has 0 nitrogen and oxygen atoms in total. The summed E-state index contributed by atoms with van der Waals surface area (Å²) in [6.45, 7) is 15.3. The number of rotatable bonds is 4. The minimum atomic E-state index is 1.02. The van der Waals surface area contributed by atoms with E-state index in [1.165, 1.54) is 77.2 Å². The predicted octanol–water partition coefficient (Wildman–Crippen LogP) is 9.36. The van der Waals surface area contributed by atoms with Crippen LogP contribution in [0.3, 0.4) is 0 Å². The van der Waals surface area contributed by atoms with Crippen molar-refractivity contribution in [3.05, 3.63) is 94.6 Å². The molecule has 0 aliphatic heterocycles. The lowest BCUT2D eigenvalue weighted by Crippen LogP contribution is -2.02. The molecule has 0 saturated heterocycles. The normalized spacial score (nSPS) is 12.5. The second-order valence-electron chi connectivity index (χ2n) is 8.84. The first-order valence-corrected chi connectivity index (χ1v) is 11.6. The van der Waals surface area contributed by atoms with E-state index >= 15 is 0 Å². The molecule has 0 N–H and O–H groups in total. The quantitative estimate of drug-likeness (QED) is 0.257. The molecule has 0 amide bonds. The van der Waals surface area contributed by atoms with E-state index in [1.807, 2.05) is 6.08 Å². The van der Waals surface area contributed by atoms with Crippen molar-refractivity contribution in [2.75, 3.05) is 0 Å². The van der Waals surface area contributed by atoms with Gasteiger partial charge in [-0.1, -0.05) is 80.3 Å². The molecule has 0 heteroatoms. The summed E-state index contributed by atoms with van der Waals surface area (Å²) in [4.78, 5) is 0. The van der Waals surface area contributed by atoms with Crippen LogP contribution in [0.25, 0.3) is 56.0 Å². The molecule has 32 heavy (non-hydrogen) atoms.